The van der Waals surface area contributed by atoms with Crippen LogP contribution in [0.5, 0.6) is 0 Å². The monoisotopic (exact) mass is 261 g/mol. The second kappa shape index (κ2) is 5.24. The van der Waals surface area contributed by atoms with Gasteiger partial charge in [0, 0.05) is 5.75 Å². The number of amides is 1. The molecule has 2 aliphatic heterocycles. The third-order valence-electron chi connectivity index (χ3n) is 2.90. The first-order chi connectivity index (χ1) is 8.14. The Morgan fingerprint density at radius 2 is 2.24 bits per heavy atom. The van der Waals surface area contributed by atoms with Crippen molar-refractivity contribution in [2.45, 2.75) is 18.1 Å². The first-order valence-electron chi connectivity index (χ1n) is 5.46. The van der Waals surface area contributed by atoms with E-state index in [0.29, 0.717) is 25.4 Å². The van der Waals surface area contributed by atoms with Crippen LogP contribution in [-0.2, 0) is 19.1 Å². The van der Waals surface area contributed by atoms with Crippen molar-refractivity contribution in [3.63, 3.8) is 0 Å². The Balaban J connectivity index is 1.98. The number of carboxylic acid groups (broad SMARTS) is 1. The third-order valence-corrected chi connectivity index (χ3v) is 4.09. The lowest BCUT2D eigenvalue weighted by Crippen LogP contribution is -2.58. The van der Waals surface area contributed by atoms with E-state index in [-0.39, 0.29) is 6.61 Å². The number of aliphatic carboxylic acids is 1. The highest BCUT2D eigenvalue weighted by molar-refractivity contribution is 7.99. The zero-order valence-corrected chi connectivity index (χ0v) is 10.1. The minimum Gasteiger partial charge on any atom is -0.479 e. The van der Waals surface area contributed by atoms with E-state index in [1.807, 2.05) is 0 Å². The molecule has 96 valence electrons. The molecule has 1 amide bonds. The van der Waals surface area contributed by atoms with Crippen LogP contribution in [0.15, 0.2) is 0 Å². The second-order valence-electron chi connectivity index (χ2n) is 4.11. The maximum atomic E-state index is 11.9. The van der Waals surface area contributed by atoms with Crippen LogP contribution in [0.1, 0.15) is 6.42 Å². The molecule has 17 heavy (non-hydrogen) atoms. The molecule has 2 fully saturated rings. The second-order valence-corrected chi connectivity index (χ2v) is 5.22. The molecule has 2 rings (SSSR count). The Labute approximate surface area is 103 Å². The summed E-state index contributed by atoms with van der Waals surface area (Å²) in [7, 11) is 0. The van der Waals surface area contributed by atoms with E-state index in [9.17, 15) is 14.7 Å². The molecule has 0 radical (unpaired) electrons. The van der Waals surface area contributed by atoms with Gasteiger partial charge in [-0.05, 0) is 12.2 Å². The zero-order valence-electron chi connectivity index (χ0n) is 9.31. The van der Waals surface area contributed by atoms with Crippen LogP contribution in [0.4, 0.5) is 0 Å². The van der Waals surface area contributed by atoms with Crippen molar-refractivity contribution in [3.05, 3.63) is 0 Å². The highest BCUT2D eigenvalue weighted by atomic mass is 32.2. The zero-order chi connectivity index (χ0) is 12.3. The van der Waals surface area contributed by atoms with Gasteiger partial charge in [0.2, 0.25) is 0 Å². The molecular formula is C10H15NO5S. The van der Waals surface area contributed by atoms with Gasteiger partial charge in [-0.1, -0.05) is 0 Å². The first kappa shape index (κ1) is 12.7. The van der Waals surface area contributed by atoms with Crippen LogP contribution < -0.4 is 5.32 Å². The molecule has 0 saturated carbocycles. The number of nitrogens with one attached hydrogen (secondary N) is 1. The van der Waals surface area contributed by atoms with Crippen molar-refractivity contribution in [2.75, 3.05) is 31.3 Å². The lowest BCUT2D eigenvalue weighted by molar-refractivity contribution is -0.155. The minimum atomic E-state index is -1.14. The normalized spacial score (nSPS) is 33.3. The molecule has 2 N–H and O–H groups in total. The Kier molecular flexibility index (Phi) is 3.90. The van der Waals surface area contributed by atoms with Gasteiger partial charge in [-0.2, -0.15) is 11.8 Å². The highest BCUT2D eigenvalue weighted by Gasteiger charge is 2.44. The summed E-state index contributed by atoms with van der Waals surface area (Å²) < 4.78 is 10.4. The molecule has 6 nitrogen and oxygen atoms in total. The van der Waals surface area contributed by atoms with E-state index in [2.05, 4.69) is 5.32 Å². The van der Waals surface area contributed by atoms with Gasteiger partial charge >= 0.3 is 5.97 Å². The van der Waals surface area contributed by atoms with Gasteiger partial charge in [0.25, 0.3) is 5.91 Å². The van der Waals surface area contributed by atoms with E-state index >= 15 is 0 Å². The summed E-state index contributed by atoms with van der Waals surface area (Å²) in [5.74, 6) is -0.224. The topological polar surface area (TPSA) is 84.9 Å². The first-order valence-corrected chi connectivity index (χ1v) is 6.62. The average molecular weight is 261 g/mol. The molecule has 2 aliphatic rings. The third kappa shape index (κ3) is 2.72. The molecule has 0 aromatic rings. The van der Waals surface area contributed by atoms with Crippen molar-refractivity contribution < 1.29 is 24.2 Å². The molecule has 2 saturated heterocycles. The molecule has 0 unspecified atom stereocenters. The molecule has 2 heterocycles. The lowest BCUT2D eigenvalue weighted by atomic mass is 9.99. The van der Waals surface area contributed by atoms with E-state index in [1.54, 1.807) is 0 Å². The number of hydrogen-bond acceptors (Lipinski definition) is 5. The predicted octanol–water partition coefficient (Wildman–Crippen LogP) is -0.522. The van der Waals surface area contributed by atoms with Gasteiger partial charge in [0.05, 0.1) is 19.8 Å². The number of rotatable bonds is 3. The van der Waals surface area contributed by atoms with Crippen LogP contribution in [0.3, 0.4) is 0 Å². The van der Waals surface area contributed by atoms with Gasteiger partial charge in [0.15, 0.2) is 6.10 Å². The van der Waals surface area contributed by atoms with Crippen LogP contribution in [-0.4, -0.2) is 60.0 Å². The number of carboxylic acids is 1. The van der Waals surface area contributed by atoms with Crippen molar-refractivity contribution in [1.82, 2.24) is 5.32 Å². The van der Waals surface area contributed by atoms with E-state index in [0.717, 1.165) is 5.75 Å². The number of carbonyl (C=O) groups is 2. The number of carbonyl (C=O) groups excluding carboxylic acids is 1. The summed E-state index contributed by atoms with van der Waals surface area (Å²) in [5.41, 5.74) is -1.14. The van der Waals surface area contributed by atoms with Crippen LogP contribution in [0.2, 0.25) is 0 Å². The Bertz CT molecular complexity index is 310. The summed E-state index contributed by atoms with van der Waals surface area (Å²) >= 11 is 1.53. The van der Waals surface area contributed by atoms with Gasteiger partial charge in [-0.3, -0.25) is 4.79 Å². The molecule has 0 spiro atoms. The summed E-state index contributed by atoms with van der Waals surface area (Å²) in [4.78, 5) is 23.1. The van der Waals surface area contributed by atoms with Crippen molar-refractivity contribution in [2.24, 2.45) is 0 Å². The molecule has 0 aromatic carbocycles. The number of hydrogen-bond donors (Lipinski definition) is 2. The molecule has 2 atom stereocenters. The van der Waals surface area contributed by atoms with Crippen molar-refractivity contribution in [1.29, 1.82) is 0 Å². The fourth-order valence-electron chi connectivity index (χ4n) is 1.84. The van der Waals surface area contributed by atoms with E-state index in [4.69, 9.17) is 9.47 Å². The maximum Gasteiger partial charge on any atom is 0.330 e. The fraction of sp³-hybridized carbons (Fsp3) is 0.800. The van der Waals surface area contributed by atoms with E-state index < -0.39 is 23.5 Å². The molecule has 0 aromatic heterocycles. The standard InChI is InChI=1S/C10H15NO5S/c12-8(7-5-15-2-3-16-7)11-10(9(13)14)1-4-17-6-10/h7H,1-6H2,(H,11,12)(H,13,14)/t7-,10+/m1/s1. The fourth-order valence-corrected chi connectivity index (χ4v) is 3.17. The predicted molar refractivity (Wildman–Crippen MR) is 61.0 cm³/mol. The Hall–Kier alpha value is -0.790. The van der Waals surface area contributed by atoms with Gasteiger partial charge in [0.1, 0.15) is 5.54 Å². The largest absolute Gasteiger partial charge is 0.479 e. The Morgan fingerprint density at radius 1 is 1.41 bits per heavy atom. The maximum absolute atomic E-state index is 11.9. The van der Waals surface area contributed by atoms with Crippen LogP contribution in [0.25, 0.3) is 0 Å². The quantitative estimate of drug-likeness (QED) is 0.711. The SMILES string of the molecule is O=C(N[C@@]1(C(=O)O)CCSC1)[C@H]1COCCO1. The molecule has 0 bridgehead atoms. The van der Waals surface area contributed by atoms with E-state index in [1.165, 1.54) is 11.8 Å². The summed E-state index contributed by atoms with van der Waals surface area (Å²) in [6, 6.07) is 0. The van der Waals surface area contributed by atoms with Crippen molar-refractivity contribution in [3.8, 4) is 0 Å². The highest BCUT2D eigenvalue weighted by Crippen LogP contribution is 2.28. The summed E-state index contributed by atoms with van der Waals surface area (Å²) in [6.07, 6.45) is -0.239. The van der Waals surface area contributed by atoms with Gasteiger partial charge < -0.3 is 19.9 Å². The smallest absolute Gasteiger partial charge is 0.330 e. The molecular weight excluding hydrogens is 246 g/mol. The number of thioether (sulfide) groups is 1. The summed E-state index contributed by atoms with van der Waals surface area (Å²) in [5, 5.41) is 11.8. The van der Waals surface area contributed by atoms with Crippen LogP contribution in [0, 0.1) is 0 Å². The minimum absolute atomic E-state index is 0.189. The molecule has 0 aliphatic carbocycles. The van der Waals surface area contributed by atoms with Gasteiger partial charge in [-0.15, -0.1) is 0 Å². The number of ether oxygens (including phenoxy) is 2. The van der Waals surface area contributed by atoms with Crippen LogP contribution >= 0.6 is 11.8 Å². The van der Waals surface area contributed by atoms with Gasteiger partial charge in [-0.25, -0.2) is 4.79 Å². The summed E-state index contributed by atoms with van der Waals surface area (Å²) in [6.45, 7) is 1.03. The lowest BCUT2D eigenvalue weighted by Gasteiger charge is -2.28. The molecule has 7 heteroatoms. The van der Waals surface area contributed by atoms with Crippen molar-refractivity contribution >= 4 is 23.6 Å². The Morgan fingerprint density at radius 3 is 2.76 bits per heavy atom. The average Bonchev–Trinajstić information content (AvgIpc) is 2.80.